The van der Waals surface area contributed by atoms with Crippen LogP contribution in [0.4, 0.5) is 8.78 Å². The maximum absolute atomic E-state index is 13.6. The number of halogens is 3. The summed E-state index contributed by atoms with van der Waals surface area (Å²) < 4.78 is 53.0. The van der Waals surface area contributed by atoms with Crippen molar-refractivity contribution in [2.75, 3.05) is 13.1 Å². The molecular weight excluding hydrogens is 310 g/mol. The van der Waals surface area contributed by atoms with Gasteiger partial charge in [-0.1, -0.05) is 0 Å². The molecule has 1 heterocycles. The highest BCUT2D eigenvalue weighted by atomic mass is 35.5. The molecule has 0 spiro atoms. The van der Waals surface area contributed by atoms with Crippen molar-refractivity contribution in [2.45, 2.75) is 30.7 Å². The SMILES string of the molecule is Cc1cc(S(=O)(=O)NCC2CCCN2)c(F)cc1F.Cl. The first kappa shape index (κ1) is 17.3. The van der Waals surface area contributed by atoms with Gasteiger partial charge < -0.3 is 5.32 Å². The number of hydrogen-bond acceptors (Lipinski definition) is 3. The Morgan fingerprint density at radius 3 is 2.65 bits per heavy atom. The summed E-state index contributed by atoms with van der Waals surface area (Å²) in [5, 5.41) is 3.14. The van der Waals surface area contributed by atoms with Crippen molar-refractivity contribution in [1.29, 1.82) is 0 Å². The quantitative estimate of drug-likeness (QED) is 0.886. The van der Waals surface area contributed by atoms with E-state index in [4.69, 9.17) is 0 Å². The minimum Gasteiger partial charge on any atom is -0.313 e. The molecule has 0 amide bonds. The van der Waals surface area contributed by atoms with E-state index in [0.717, 1.165) is 25.5 Å². The van der Waals surface area contributed by atoms with Crippen LogP contribution in [0.15, 0.2) is 17.0 Å². The molecule has 0 aromatic heterocycles. The van der Waals surface area contributed by atoms with Crippen molar-refractivity contribution in [3.05, 3.63) is 29.3 Å². The van der Waals surface area contributed by atoms with E-state index in [1.54, 1.807) is 0 Å². The number of nitrogens with one attached hydrogen (secondary N) is 2. The molecule has 1 unspecified atom stereocenters. The van der Waals surface area contributed by atoms with Gasteiger partial charge in [0.1, 0.15) is 16.5 Å². The van der Waals surface area contributed by atoms with Crippen molar-refractivity contribution in [1.82, 2.24) is 10.0 Å². The van der Waals surface area contributed by atoms with Gasteiger partial charge in [0.15, 0.2) is 0 Å². The van der Waals surface area contributed by atoms with Crippen LogP contribution in [-0.2, 0) is 10.0 Å². The molecule has 2 N–H and O–H groups in total. The molecule has 0 bridgehead atoms. The zero-order valence-electron chi connectivity index (χ0n) is 10.9. The Hall–Kier alpha value is -0.760. The van der Waals surface area contributed by atoms with Crippen LogP contribution in [0.2, 0.25) is 0 Å². The van der Waals surface area contributed by atoms with E-state index in [1.165, 1.54) is 6.92 Å². The van der Waals surface area contributed by atoms with Gasteiger partial charge in [-0.05, 0) is 37.9 Å². The van der Waals surface area contributed by atoms with Gasteiger partial charge in [-0.3, -0.25) is 0 Å². The maximum Gasteiger partial charge on any atom is 0.243 e. The molecule has 20 heavy (non-hydrogen) atoms. The van der Waals surface area contributed by atoms with Crippen LogP contribution in [0.5, 0.6) is 0 Å². The first-order valence-corrected chi connectivity index (χ1v) is 7.57. The summed E-state index contributed by atoms with van der Waals surface area (Å²) in [6, 6.07) is 1.67. The van der Waals surface area contributed by atoms with E-state index in [0.29, 0.717) is 6.07 Å². The van der Waals surface area contributed by atoms with Crippen molar-refractivity contribution < 1.29 is 17.2 Å². The van der Waals surface area contributed by atoms with E-state index < -0.39 is 26.6 Å². The summed E-state index contributed by atoms with van der Waals surface area (Å²) >= 11 is 0. The molecule has 1 fully saturated rings. The number of sulfonamides is 1. The zero-order chi connectivity index (χ0) is 14.0. The third kappa shape index (κ3) is 3.88. The fourth-order valence-electron chi connectivity index (χ4n) is 2.06. The Morgan fingerprint density at radius 1 is 1.35 bits per heavy atom. The molecule has 1 aliphatic heterocycles. The van der Waals surface area contributed by atoms with Crippen LogP contribution in [-0.4, -0.2) is 27.5 Å². The molecule has 1 aliphatic rings. The summed E-state index contributed by atoms with van der Waals surface area (Å²) in [5.74, 6) is -1.83. The first-order valence-electron chi connectivity index (χ1n) is 6.09. The lowest BCUT2D eigenvalue weighted by Gasteiger charge is -2.13. The van der Waals surface area contributed by atoms with Crippen LogP contribution in [0.3, 0.4) is 0 Å². The highest BCUT2D eigenvalue weighted by molar-refractivity contribution is 7.89. The fraction of sp³-hybridized carbons (Fsp3) is 0.500. The summed E-state index contributed by atoms with van der Waals surface area (Å²) in [4.78, 5) is -0.510. The highest BCUT2D eigenvalue weighted by Gasteiger charge is 2.23. The highest BCUT2D eigenvalue weighted by Crippen LogP contribution is 2.19. The van der Waals surface area contributed by atoms with Crippen LogP contribution in [0, 0.1) is 18.6 Å². The Balaban J connectivity index is 0.00000200. The van der Waals surface area contributed by atoms with E-state index in [-0.39, 0.29) is 30.6 Å². The molecule has 1 atom stereocenters. The molecular formula is C12H17ClF2N2O2S. The Kier molecular flexibility index (Phi) is 5.88. The van der Waals surface area contributed by atoms with E-state index in [1.807, 2.05) is 0 Å². The molecule has 2 rings (SSSR count). The van der Waals surface area contributed by atoms with Gasteiger partial charge in [0.25, 0.3) is 0 Å². The van der Waals surface area contributed by atoms with Gasteiger partial charge >= 0.3 is 0 Å². The number of aryl methyl sites for hydroxylation is 1. The lowest BCUT2D eigenvalue weighted by molar-refractivity contribution is 0.530. The Labute approximate surface area is 123 Å². The number of rotatable bonds is 4. The standard InChI is InChI=1S/C12H16F2N2O2S.ClH/c1-8-5-12(11(14)6-10(8)13)19(17,18)16-7-9-3-2-4-15-9;/h5-6,9,15-16H,2-4,7H2,1H3;1H. The van der Waals surface area contributed by atoms with E-state index >= 15 is 0 Å². The van der Waals surface area contributed by atoms with Gasteiger partial charge in [0.2, 0.25) is 10.0 Å². The summed E-state index contributed by atoms with van der Waals surface area (Å²) in [6.45, 7) is 2.46. The summed E-state index contributed by atoms with van der Waals surface area (Å²) in [5.41, 5.74) is 0.0979. The zero-order valence-corrected chi connectivity index (χ0v) is 12.6. The van der Waals surface area contributed by atoms with Crippen molar-refractivity contribution in [2.24, 2.45) is 0 Å². The smallest absolute Gasteiger partial charge is 0.243 e. The molecule has 0 aliphatic carbocycles. The van der Waals surface area contributed by atoms with Crippen LogP contribution in [0.1, 0.15) is 18.4 Å². The lowest BCUT2D eigenvalue weighted by Crippen LogP contribution is -2.37. The molecule has 114 valence electrons. The minimum absolute atomic E-state index is 0. The predicted octanol–water partition coefficient (Wildman–Crippen LogP) is 1.73. The van der Waals surface area contributed by atoms with E-state index in [2.05, 4.69) is 10.0 Å². The Morgan fingerprint density at radius 2 is 2.05 bits per heavy atom. The van der Waals surface area contributed by atoms with Gasteiger partial charge in [-0.2, -0.15) is 0 Å². The fourth-order valence-corrected chi connectivity index (χ4v) is 3.28. The second-order valence-electron chi connectivity index (χ2n) is 4.68. The molecule has 1 saturated heterocycles. The second kappa shape index (κ2) is 6.80. The van der Waals surface area contributed by atoms with Crippen LogP contribution in [0.25, 0.3) is 0 Å². The topological polar surface area (TPSA) is 58.2 Å². The molecule has 0 saturated carbocycles. The van der Waals surface area contributed by atoms with Crippen molar-refractivity contribution >= 4 is 22.4 Å². The predicted molar refractivity (Wildman–Crippen MR) is 74.6 cm³/mol. The van der Waals surface area contributed by atoms with Gasteiger partial charge in [0.05, 0.1) is 0 Å². The van der Waals surface area contributed by atoms with Crippen LogP contribution >= 0.6 is 12.4 Å². The molecule has 8 heteroatoms. The van der Waals surface area contributed by atoms with Gasteiger partial charge in [-0.25, -0.2) is 21.9 Å². The van der Waals surface area contributed by atoms with Crippen molar-refractivity contribution in [3.63, 3.8) is 0 Å². The maximum atomic E-state index is 13.6. The first-order chi connectivity index (χ1) is 8.90. The summed E-state index contributed by atoms with van der Waals surface area (Å²) in [7, 11) is -3.95. The molecule has 0 radical (unpaired) electrons. The van der Waals surface area contributed by atoms with Gasteiger partial charge in [-0.15, -0.1) is 12.4 Å². The molecule has 1 aromatic rings. The number of hydrogen-bond donors (Lipinski definition) is 2. The van der Waals surface area contributed by atoms with E-state index in [9.17, 15) is 17.2 Å². The van der Waals surface area contributed by atoms with Crippen molar-refractivity contribution in [3.8, 4) is 0 Å². The molecule has 4 nitrogen and oxygen atoms in total. The minimum atomic E-state index is -3.95. The average Bonchev–Trinajstić information content (AvgIpc) is 2.84. The normalized spacial score (nSPS) is 18.9. The molecule has 1 aromatic carbocycles. The third-order valence-electron chi connectivity index (χ3n) is 3.18. The summed E-state index contributed by atoms with van der Waals surface area (Å²) in [6.07, 6.45) is 1.88. The third-order valence-corrected chi connectivity index (χ3v) is 4.62. The van der Waals surface area contributed by atoms with Crippen LogP contribution < -0.4 is 10.0 Å². The average molecular weight is 327 g/mol. The second-order valence-corrected chi connectivity index (χ2v) is 6.41. The number of benzene rings is 1. The largest absolute Gasteiger partial charge is 0.313 e. The monoisotopic (exact) mass is 326 g/mol. The Bertz CT molecular complexity index is 575. The van der Waals surface area contributed by atoms with Gasteiger partial charge in [0, 0.05) is 18.7 Å². The lowest BCUT2D eigenvalue weighted by atomic mass is 10.2.